The van der Waals surface area contributed by atoms with Crippen molar-refractivity contribution in [2.45, 2.75) is 39.7 Å². The molecule has 0 aliphatic heterocycles. The van der Waals surface area contributed by atoms with Gasteiger partial charge in [0.25, 0.3) is 11.8 Å². The zero-order valence-corrected chi connectivity index (χ0v) is 17.3. The summed E-state index contributed by atoms with van der Waals surface area (Å²) in [5.41, 5.74) is 2.61. The van der Waals surface area contributed by atoms with Crippen molar-refractivity contribution in [3.05, 3.63) is 59.7 Å². The van der Waals surface area contributed by atoms with Gasteiger partial charge in [0.15, 0.2) is 5.69 Å². The van der Waals surface area contributed by atoms with E-state index in [1.54, 1.807) is 28.8 Å². The van der Waals surface area contributed by atoms with Gasteiger partial charge in [-0.2, -0.15) is 0 Å². The number of aromatic nitrogens is 1. The summed E-state index contributed by atoms with van der Waals surface area (Å²) >= 11 is 0. The van der Waals surface area contributed by atoms with Gasteiger partial charge in [0.1, 0.15) is 6.54 Å². The molecule has 0 aliphatic carbocycles. The lowest BCUT2D eigenvalue weighted by atomic mass is 10.1. The number of benzene rings is 2. The summed E-state index contributed by atoms with van der Waals surface area (Å²) in [6, 6.07) is 14.5. The Morgan fingerprint density at radius 2 is 1.87 bits per heavy atom. The Morgan fingerprint density at radius 3 is 2.60 bits per heavy atom. The number of unbranched alkanes of at least 4 members (excludes halogenated alkanes) is 2. The first kappa shape index (κ1) is 21.2. The Bertz CT molecular complexity index is 1070. The fourth-order valence-corrected chi connectivity index (χ4v) is 3.27. The molecule has 0 aliphatic rings. The van der Waals surface area contributed by atoms with E-state index in [1.807, 2.05) is 31.2 Å². The molecule has 0 fully saturated rings. The molecule has 0 unspecified atom stereocenters. The second-order valence-electron chi connectivity index (χ2n) is 7.19. The first-order valence-electron chi connectivity index (χ1n) is 10.1. The van der Waals surface area contributed by atoms with E-state index in [9.17, 15) is 14.7 Å². The van der Waals surface area contributed by atoms with Crippen LogP contribution in [0.5, 0.6) is 5.88 Å². The monoisotopic (exact) mass is 406 g/mol. The molecule has 7 heteroatoms. The first-order valence-corrected chi connectivity index (χ1v) is 10.1. The highest BCUT2D eigenvalue weighted by Crippen LogP contribution is 2.39. The third-order valence-corrected chi connectivity index (χ3v) is 4.85. The van der Waals surface area contributed by atoms with Crippen LogP contribution in [0.2, 0.25) is 0 Å². The molecule has 3 aromatic rings. The van der Waals surface area contributed by atoms with Crippen LogP contribution in [-0.4, -0.2) is 28.0 Å². The zero-order valence-electron chi connectivity index (χ0n) is 17.3. The number of rotatable bonds is 8. The molecular weight excluding hydrogens is 380 g/mol. The number of nitrogens with zero attached hydrogens (tertiary/aromatic N) is 3. The Labute approximate surface area is 175 Å². The van der Waals surface area contributed by atoms with Crippen molar-refractivity contribution in [3.63, 3.8) is 0 Å². The zero-order chi connectivity index (χ0) is 21.5. The lowest BCUT2D eigenvalue weighted by Crippen LogP contribution is -2.28. The van der Waals surface area contributed by atoms with Gasteiger partial charge < -0.3 is 15.0 Å². The summed E-state index contributed by atoms with van der Waals surface area (Å²) in [6.45, 7) is 4.47. The summed E-state index contributed by atoms with van der Waals surface area (Å²) in [7, 11) is 0. The minimum atomic E-state index is -0.599. The predicted molar refractivity (Wildman–Crippen MR) is 116 cm³/mol. The highest BCUT2D eigenvalue weighted by atomic mass is 16.3. The fourth-order valence-electron chi connectivity index (χ4n) is 3.27. The molecule has 0 spiro atoms. The molecule has 2 N–H and O–H groups in total. The lowest BCUT2D eigenvalue weighted by molar-refractivity contribution is -0.117. The highest BCUT2D eigenvalue weighted by molar-refractivity contribution is 5.97. The number of nitrogens with one attached hydrogen (secondary N) is 1. The van der Waals surface area contributed by atoms with E-state index in [1.165, 1.54) is 0 Å². The van der Waals surface area contributed by atoms with Crippen molar-refractivity contribution in [1.82, 2.24) is 9.88 Å². The first-order chi connectivity index (χ1) is 14.5. The molecule has 2 aromatic carbocycles. The lowest BCUT2D eigenvalue weighted by Gasteiger charge is -2.06. The number of fused-ring (bicyclic) bond motifs is 1. The van der Waals surface area contributed by atoms with Crippen molar-refractivity contribution in [2.75, 3.05) is 6.54 Å². The van der Waals surface area contributed by atoms with Crippen molar-refractivity contribution in [3.8, 4) is 5.88 Å². The molecule has 3 rings (SSSR count). The SMILES string of the molecule is CCCCCn1c(O)c(N=NC(=O)CNC(=O)c2ccccc2)c2cc(C)ccc21. The Morgan fingerprint density at radius 1 is 1.10 bits per heavy atom. The molecule has 0 saturated heterocycles. The maximum atomic E-state index is 12.1. The molecule has 0 bridgehead atoms. The molecule has 7 nitrogen and oxygen atoms in total. The average Bonchev–Trinajstić information content (AvgIpc) is 3.01. The van der Waals surface area contributed by atoms with Gasteiger partial charge >= 0.3 is 0 Å². The normalized spacial score (nSPS) is 11.3. The van der Waals surface area contributed by atoms with Crippen LogP contribution >= 0.6 is 0 Å². The molecule has 2 amide bonds. The molecule has 0 radical (unpaired) electrons. The summed E-state index contributed by atoms with van der Waals surface area (Å²) in [5.74, 6) is -0.958. The van der Waals surface area contributed by atoms with Crippen LogP contribution in [0.1, 0.15) is 42.1 Å². The van der Waals surface area contributed by atoms with E-state index < -0.39 is 5.91 Å². The highest BCUT2D eigenvalue weighted by Gasteiger charge is 2.17. The summed E-state index contributed by atoms with van der Waals surface area (Å²) in [5, 5.41) is 21.7. The largest absolute Gasteiger partial charge is 0.493 e. The Hall–Kier alpha value is -3.48. The van der Waals surface area contributed by atoms with E-state index in [0.29, 0.717) is 12.1 Å². The van der Waals surface area contributed by atoms with Crippen molar-refractivity contribution >= 4 is 28.4 Å². The van der Waals surface area contributed by atoms with Crippen molar-refractivity contribution < 1.29 is 14.7 Å². The maximum Gasteiger partial charge on any atom is 0.283 e. The predicted octanol–water partition coefficient (Wildman–Crippen LogP) is 4.89. The second kappa shape index (κ2) is 9.82. The van der Waals surface area contributed by atoms with Gasteiger partial charge in [-0.05, 0) is 37.6 Å². The molecule has 0 atom stereocenters. The van der Waals surface area contributed by atoms with E-state index >= 15 is 0 Å². The third kappa shape index (κ3) is 4.92. The molecule has 1 heterocycles. The van der Waals surface area contributed by atoms with Gasteiger partial charge in [0, 0.05) is 17.5 Å². The van der Waals surface area contributed by atoms with E-state index in [-0.39, 0.29) is 24.0 Å². The molecule has 0 saturated carbocycles. The van der Waals surface area contributed by atoms with Crippen LogP contribution < -0.4 is 5.32 Å². The third-order valence-electron chi connectivity index (χ3n) is 4.85. The van der Waals surface area contributed by atoms with Crippen molar-refractivity contribution in [2.24, 2.45) is 10.2 Å². The van der Waals surface area contributed by atoms with Crippen LogP contribution in [0.3, 0.4) is 0 Å². The molecular formula is C23H26N4O3. The van der Waals surface area contributed by atoms with Gasteiger partial charge in [-0.3, -0.25) is 9.59 Å². The van der Waals surface area contributed by atoms with Gasteiger partial charge in [0.05, 0.1) is 5.52 Å². The molecule has 1 aromatic heterocycles. The van der Waals surface area contributed by atoms with Crippen LogP contribution in [0.4, 0.5) is 5.69 Å². The van der Waals surface area contributed by atoms with Gasteiger partial charge in [-0.15, -0.1) is 10.2 Å². The van der Waals surface area contributed by atoms with E-state index in [0.717, 1.165) is 35.7 Å². The number of aromatic hydroxyl groups is 1. The van der Waals surface area contributed by atoms with Crippen LogP contribution in [0.15, 0.2) is 58.8 Å². The average molecular weight is 406 g/mol. The number of aryl methyl sites for hydroxylation is 2. The van der Waals surface area contributed by atoms with Crippen LogP contribution in [0.25, 0.3) is 10.9 Å². The van der Waals surface area contributed by atoms with Crippen molar-refractivity contribution in [1.29, 1.82) is 0 Å². The number of carbonyl (C=O) groups is 2. The Kier molecular flexibility index (Phi) is 6.95. The smallest absolute Gasteiger partial charge is 0.283 e. The minimum Gasteiger partial charge on any atom is -0.493 e. The number of azo groups is 1. The quantitative estimate of drug-likeness (QED) is 0.412. The van der Waals surface area contributed by atoms with Gasteiger partial charge in [0.2, 0.25) is 5.88 Å². The van der Waals surface area contributed by atoms with Crippen LogP contribution in [0, 0.1) is 6.92 Å². The van der Waals surface area contributed by atoms with Gasteiger partial charge in [-0.25, -0.2) is 0 Å². The molecule has 156 valence electrons. The number of hydrogen-bond acceptors (Lipinski definition) is 4. The molecule has 30 heavy (non-hydrogen) atoms. The summed E-state index contributed by atoms with van der Waals surface area (Å²) < 4.78 is 1.81. The number of carbonyl (C=O) groups excluding carboxylic acids is 2. The maximum absolute atomic E-state index is 12.1. The standard InChI is InChI=1S/C23H26N4O3/c1-3-4-8-13-27-19-12-11-16(2)14-18(19)21(23(27)30)26-25-20(28)15-24-22(29)17-9-6-5-7-10-17/h5-7,9-12,14,30H,3-4,8,13,15H2,1-2H3,(H,24,29). The topological polar surface area (TPSA) is 96.0 Å². The Balaban J connectivity index is 1.76. The summed E-state index contributed by atoms with van der Waals surface area (Å²) in [4.78, 5) is 24.2. The minimum absolute atomic E-state index is 0.00317. The van der Waals surface area contributed by atoms with Crippen LogP contribution in [-0.2, 0) is 11.3 Å². The van der Waals surface area contributed by atoms with Gasteiger partial charge in [-0.1, -0.05) is 49.6 Å². The fraction of sp³-hybridized carbons (Fsp3) is 0.304. The summed E-state index contributed by atoms with van der Waals surface area (Å²) in [6.07, 6.45) is 3.07. The van der Waals surface area contributed by atoms with E-state index in [4.69, 9.17) is 0 Å². The number of amides is 2. The second-order valence-corrected chi connectivity index (χ2v) is 7.19. The van der Waals surface area contributed by atoms with E-state index in [2.05, 4.69) is 22.5 Å². The number of hydrogen-bond donors (Lipinski definition) is 2.